The lowest BCUT2D eigenvalue weighted by Crippen LogP contribution is -2.60. The summed E-state index contributed by atoms with van der Waals surface area (Å²) in [6.07, 6.45) is 7.07. The highest BCUT2D eigenvalue weighted by Crippen LogP contribution is 2.55. The molecule has 7 heteroatoms. The number of rotatable bonds is 6. The maximum Gasteiger partial charge on any atom is 0.355 e. The fourth-order valence-corrected chi connectivity index (χ4v) is 6.26. The second kappa shape index (κ2) is 7.50. The molecule has 1 aromatic heterocycles. The van der Waals surface area contributed by atoms with Crippen LogP contribution in [0.15, 0.2) is 0 Å². The van der Waals surface area contributed by atoms with Gasteiger partial charge in [-0.1, -0.05) is 0 Å². The summed E-state index contributed by atoms with van der Waals surface area (Å²) in [7, 11) is 0. The zero-order valence-electron chi connectivity index (χ0n) is 17.4. The average molecular weight is 402 g/mol. The molecule has 0 aliphatic heterocycles. The Kier molecular flexibility index (Phi) is 5.17. The zero-order valence-corrected chi connectivity index (χ0v) is 17.4. The zero-order chi connectivity index (χ0) is 20.8. The van der Waals surface area contributed by atoms with Crippen molar-refractivity contribution in [1.29, 1.82) is 0 Å². The molecule has 4 aliphatic carbocycles. The molecule has 0 radical (unpaired) electrons. The maximum absolute atomic E-state index is 12.6. The maximum atomic E-state index is 12.6. The van der Waals surface area contributed by atoms with Gasteiger partial charge in [0.25, 0.3) is 5.91 Å². The van der Waals surface area contributed by atoms with Crippen molar-refractivity contribution < 1.29 is 23.9 Å². The molecule has 4 bridgehead atoms. The molecule has 0 unspecified atom stereocenters. The minimum absolute atomic E-state index is 0.102. The smallest absolute Gasteiger partial charge is 0.355 e. The highest BCUT2D eigenvalue weighted by molar-refractivity contribution is 5.99. The second-order valence-electron chi connectivity index (χ2n) is 9.17. The second-order valence-corrected chi connectivity index (χ2v) is 9.17. The molecule has 29 heavy (non-hydrogen) atoms. The molecule has 2 N–H and O–H groups in total. The number of carbonyl (C=O) groups is 3. The van der Waals surface area contributed by atoms with Crippen molar-refractivity contribution in [2.24, 2.45) is 17.8 Å². The molecule has 4 fully saturated rings. The van der Waals surface area contributed by atoms with Crippen LogP contribution in [0.1, 0.15) is 77.6 Å². The third-order valence-corrected chi connectivity index (χ3v) is 6.90. The summed E-state index contributed by atoms with van der Waals surface area (Å²) in [5.74, 6) is 0.845. The molecule has 158 valence electrons. The molecule has 4 aliphatic rings. The number of H-pyrrole nitrogens is 1. The molecule has 1 aromatic rings. The quantitative estimate of drug-likeness (QED) is 0.713. The van der Waals surface area contributed by atoms with Gasteiger partial charge in [0.1, 0.15) is 5.69 Å². The lowest BCUT2D eigenvalue weighted by molar-refractivity contribution is -0.130. The summed E-state index contributed by atoms with van der Waals surface area (Å²) in [5, 5.41) is 3.20. The normalized spacial score (nSPS) is 29.6. The molecule has 1 heterocycles. The molecule has 0 atom stereocenters. The van der Waals surface area contributed by atoms with E-state index in [1.807, 2.05) is 0 Å². The van der Waals surface area contributed by atoms with Gasteiger partial charge in [0, 0.05) is 11.2 Å². The van der Waals surface area contributed by atoms with E-state index in [1.165, 1.54) is 19.3 Å². The first-order valence-corrected chi connectivity index (χ1v) is 10.6. The van der Waals surface area contributed by atoms with Gasteiger partial charge in [0.15, 0.2) is 6.61 Å². The van der Waals surface area contributed by atoms with Gasteiger partial charge in [-0.2, -0.15) is 0 Å². The van der Waals surface area contributed by atoms with Crippen LogP contribution < -0.4 is 5.32 Å². The van der Waals surface area contributed by atoms with Crippen LogP contribution >= 0.6 is 0 Å². The number of aromatic amines is 1. The van der Waals surface area contributed by atoms with E-state index in [0.29, 0.717) is 11.3 Å². The van der Waals surface area contributed by atoms with Crippen LogP contribution in [0.4, 0.5) is 0 Å². The Hall–Kier alpha value is -2.31. The van der Waals surface area contributed by atoms with Gasteiger partial charge in [-0.05, 0) is 82.6 Å². The molecule has 0 spiro atoms. The first-order chi connectivity index (χ1) is 13.8. The topological polar surface area (TPSA) is 97.5 Å². The largest absolute Gasteiger partial charge is 0.461 e. The number of nitrogens with one attached hydrogen (secondary N) is 2. The molecule has 0 aromatic carbocycles. The number of amides is 1. The number of hydrogen-bond donors (Lipinski definition) is 2. The highest BCUT2D eigenvalue weighted by atomic mass is 16.5. The predicted octanol–water partition coefficient (Wildman–Crippen LogP) is 3.05. The lowest BCUT2D eigenvalue weighted by Gasteiger charge is -2.56. The first-order valence-electron chi connectivity index (χ1n) is 10.6. The number of esters is 2. The Bertz CT molecular complexity index is 805. The molecular formula is C22H30N2O5. The van der Waals surface area contributed by atoms with Gasteiger partial charge < -0.3 is 19.8 Å². The fourth-order valence-electron chi connectivity index (χ4n) is 6.26. The Morgan fingerprint density at radius 3 is 2.14 bits per heavy atom. The minimum atomic E-state index is -0.604. The summed E-state index contributed by atoms with van der Waals surface area (Å²) < 4.78 is 10.3. The lowest BCUT2D eigenvalue weighted by atomic mass is 9.53. The van der Waals surface area contributed by atoms with Crippen LogP contribution in [-0.4, -0.2) is 41.6 Å². The van der Waals surface area contributed by atoms with E-state index in [1.54, 1.807) is 20.8 Å². The average Bonchev–Trinajstić information content (AvgIpc) is 2.93. The van der Waals surface area contributed by atoms with Crippen molar-refractivity contribution in [3.8, 4) is 0 Å². The monoisotopic (exact) mass is 402 g/mol. The van der Waals surface area contributed by atoms with Crippen molar-refractivity contribution >= 4 is 17.8 Å². The Morgan fingerprint density at radius 1 is 1.00 bits per heavy atom. The number of hydrogen-bond acceptors (Lipinski definition) is 5. The van der Waals surface area contributed by atoms with Crippen LogP contribution in [0.2, 0.25) is 0 Å². The summed E-state index contributed by atoms with van der Waals surface area (Å²) in [5.41, 5.74) is 1.43. The third kappa shape index (κ3) is 3.79. The summed E-state index contributed by atoms with van der Waals surface area (Å²) in [4.78, 5) is 40.0. The standard InChI is InChI=1S/C22H30N2O5/c1-4-28-21(27)19-12(2)18(13(3)23-19)20(26)29-11-17(25)24-22-8-14-5-15(9-22)7-16(6-14)10-22/h14-16,23H,4-11H2,1-3H3,(H,24,25). The minimum Gasteiger partial charge on any atom is -0.461 e. The van der Waals surface area contributed by atoms with Crippen LogP contribution in [0.25, 0.3) is 0 Å². The van der Waals surface area contributed by atoms with E-state index in [0.717, 1.165) is 37.0 Å². The van der Waals surface area contributed by atoms with Crippen LogP contribution in [-0.2, 0) is 14.3 Å². The third-order valence-electron chi connectivity index (χ3n) is 6.90. The molecule has 1 amide bonds. The number of ether oxygens (including phenoxy) is 2. The van der Waals surface area contributed by atoms with Crippen LogP contribution in [0.5, 0.6) is 0 Å². The van der Waals surface area contributed by atoms with Gasteiger partial charge in [-0.15, -0.1) is 0 Å². The number of carbonyl (C=O) groups excluding carboxylic acids is 3. The van der Waals surface area contributed by atoms with Gasteiger partial charge in [-0.25, -0.2) is 9.59 Å². The van der Waals surface area contributed by atoms with Gasteiger partial charge in [0.05, 0.1) is 12.2 Å². The number of aryl methyl sites for hydroxylation is 1. The molecule has 5 rings (SSSR count). The fraction of sp³-hybridized carbons (Fsp3) is 0.682. The predicted molar refractivity (Wildman–Crippen MR) is 106 cm³/mol. The summed E-state index contributed by atoms with van der Waals surface area (Å²) >= 11 is 0. The molecule has 7 nitrogen and oxygen atoms in total. The summed E-state index contributed by atoms with van der Waals surface area (Å²) in [6.45, 7) is 5.03. The van der Waals surface area contributed by atoms with E-state index in [2.05, 4.69) is 10.3 Å². The summed E-state index contributed by atoms with van der Waals surface area (Å²) in [6, 6.07) is 0. The Labute approximate surface area is 170 Å². The van der Waals surface area contributed by atoms with Crippen molar-refractivity contribution in [3.63, 3.8) is 0 Å². The van der Waals surface area contributed by atoms with Crippen LogP contribution in [0, 0.1) is 31.6 Å². The Balaban J connectivity index is 1.36. The highest BCUT2D eigenvalue weighted by Gasteiger charge is 2.51. The Morgan fingerprint density at radius 2 is 1.59 bits per heavy atom. The van der Waals surface area contributed by atoms with Crippen LogP contribution in [0.3, 0.4) is 0 Å². The van der Waals surface area contributed by atoms with E-state index in [-0.39, 0.29) is 35.9 Å². The number of aromatic nitrogens is 1. The van der Waals surface area contributed by atoms with Crippen molar-refractivity contribution in [2.45, 2.75) is 64.8 Å². The van der Waals surface area contributed by atoms with Gasteiger partial charge in [-0.3, -0.25) is 4.79 Å². The van der Waals surface area contributed by atoms with Gasteiger partial charge in [0.2, 0.25) is 0 Å². The van der Waals surface area contributed by atoms with Crippen molar-refractivity contribution in [3.05, 3.63) is 22.5 Å². The van der Waals surface area contributed by atoms with E-state index >= 15 is 0 Å². The molecule has 0 saturated heterocycles. The van der Waals surface area contributed by atoms with E-state index in [9.17, 15) is 14.4 Å². The SMILES string of the molecule is CCOC(=O)c1[nH]c(C)c(C(=O)OCC(=O)NC23CC4CC(CC(C4)C2)C3)c1C. The molecule has 4 saturated carbocycles. The van der Waals surface area contributed by atoms with E-state index < -0.39 is 11.9 Å². The van der Waals surface area contributed by atoms with Crippen molar-refractivity contribution in [1.82, 2.24) is 10.3 Å². The van der Waals surface area contributed by atoms with E-state index in [4.69, 9.17) is 9.47 Å². The van der Waals surface area contributed by atoms with Crippen molar-refractivity contribution in [2.75, 3.05) is 13.2 Å². The first kappa shape index (κ1) is 20.0. The molecular weight excluding hydrogens is 372 g/mol. The van der Waals surface area contributed by atoms with Gasteiger partial charge >= 0.3 is 11.9 Å².